The molecule has 0 unspecified atom stereocenters. The van der Waals surface area contributed by atoms with Gasteiger partial charge in [-0.2, -0.15) is 0 Å². The van der Waals surface area contributed by atoms with Crippen molar-refractivity contribution in [1.29, 1.82) is 0 Å². The fourth-order valence-corrected chi connectivity index (χ4v) is 3.04. The van der Waals surface area contributed by atoms with Gasteiger partial charge in [0.2, 0.25) is 11.0 Å². The molecule has 112 valence electrons. The fraction of sp³-hybridized carbons (Fsp3) is 0.400. The van der Waals surface area contributed by atoms with E-state index in [1.807, 2.05) is 6.26 Å². The number of carbonyl (C=O) groups excluding carboxylic acids is 1. The number of nitrogens with zero attached hydrogens (tertiary/aromatic N) is 2. The second-order valence-electron chi connectivity index (χ2n) is 5.02. The van der Waals surface area contributed by atoms with Crippen LogP contribution in [0.3, 0.4) is 0 Å². The molecule has 0 aliphatic rings. The molecule has 6 heteroatoms. The van der Waals surface area contributed by atoms with Gasteiger partial charge >= 0.3 is 0 Å². The number of benzene rings is 1. The van der Waals surface area contributed by atoms with E-state index >= 15 is 0 Å². The largest absolute Gasteiger partial charge is 0.300 e. The molecule has 1 N–H and O–H groups in total. The van der Waals surface area contributed by atoms with Crippen LogP contribution < -0.4 is 5.32 Å². The summed E-state index contributed by atoms with van der Waals surface area (Å²) in [6.07, 6.45) is 3.13. The average Bonchev–Trinajstić information content (AvgIpc) is 2.93. The zero-order chi connectivity index (χ0) is 15.2. The Labute approximate surface area is 133 Å². The summed E-state index contributed by atoms with van der Waals surface area (Å²) in [5.41, 5.74) is 2.50. The van der Waals surface area contributed by atoms with Crippen LogP contribution in [0.4, 0.5) is 5.13 Å². The number of amides is 1. The molecule has 21 heavy (non-hydrogen) atoms. The number of rotatable bonds is 6. The lowest BCUT2D eigenvalue weighted by molar-refractivity contribution is -0.116. The summed E-state index contributed by atoms with van der Waals surface area (Å²) in [6, 6.07) is 8.46. The molecule has 0 fully saturated rings. The number of hydrogen-bond acceptors (Lipinski definition) is 5. The Hall–Kier alpha value is -1.40. The molecule has 1 aromatic heterocycles. The number of aryl methyl sites for hydroxylation is 1. The zero-order valence-corrected chi connectivity index (χ0v) is 14.1. The Morgan fingerprint density at radius 2 is 2.00 bits per heavy atom. The van der Waals surface area contributed by atoms with Gasteiger partial charge in [-0.25, -0.2) is 0 Å². The Morgan fingerprint density at radius 1 is 1.29 bits per heavy atom. The summed E-state index contributed by atoms with van der Waals surface area (Å²) < 4.78 is 0.856. The lowest BCUT2D eigenvalue weighted by atomic mass is 10.0. The van der Waals surface area contributed by atoms with E-state index in [0.29, 0.717) is 17.5 Å². The van der Waals surface area contributed by atoms with Crippen LogP contribution in [0.2, 0.25) is 0 Å². The number of nitrogens with one attached hydrogen (secondary N) is 1. The lowest BCUT2D eigenvalue weighted by Gasteiger charge is -2.06. The minimum atomic E-state index is -0.0215. The highest BCUT2D eigenvalue weighted by Gasteiger charge is 2.08. The molecule has 2 aromatic rings. The highest BCUT2D eigenvalue weighted by molar-refractivity contribution is 8.00. The number of hydrogen-bond donors (Lipinski definition) is 1. The molecule has 0 atom stereocenters. The highest BCUT2D eigenvalue weighted by atomic mass is 32.2. The maximum absolute atomic E-state index is 11.9. The first-order valence-electron chi connectivity index (χ1n) is 6.84. The molecule has 0 spiro atoms. The molecule has 1 aromatic carbocycles. The normalized spacial score (nSPS) is 10.9. The van der Waals surface area contributed by atoms with Crippen LogP contribution in [0.5, 0.6) is 0 Å². The van der Waals surface area contributed by atoms with Crippen molar-refractivity contribution in [1.82, 2.24) is 10.2 Å². The Kier molecular flexibility index (Phi) is 5.76. The van der Waals surface area contributed by atoms with Crippen molar-refractivity contribution in [2.75, 3.05) is 11.6 Å². The maximum atomic E-state index is 11.9. The van der Waals surface area contributed by atoms with E-state index in [4.69, 9.17) is 0 Å². The molecule has 0 saturated carbocycles. The van der Waals surface area contributed by atoms with Gasteiger partial charge in [0.25, 0.3) is 0 Å². The minimum absolute atomic E-state index is 0.0215. The van der Waals surface area contributed by atoms with Gasteiger partial charge < -0.3 is 5.32 Å². The van der Waals surface area contributed by atoms with E-state index in [9.17, 15) is 4.79 Å². The van der Waals surface area contributed by atoms with Crippen LogP contribution in [0.1, 0.15) is 37.3 Å². The summed E-state index contributed by atoms with van der Waals surface area (Å²) in [5.74, 6) is 0.511. The van der Waals surface area contributed by atoms with Crippen molar-refractivity contribution in [3.8, 4) is 0 Å². The molecular formula is C15H19N3OS2. The smallest absolute Gasteiger partial charge is 0.226 e. The van der Waals surface area contributed by atoms with Gasteiger partial charge in [-0.05, 0) is 29.7 Å². The number of anilines is 1. The van der Waals surface area contributed by atoms with E-state index in [2.05, 4.69) is 53.6 Å². The monoisotopic (exact) mass is 321 g/mol. The molecule has 0 aliphatic heterocycles. The highest BCUT2D eigenvalue weighted by Crippen LogP contribution is 2.23. The van der Waals surface area contributed by atoms with Gasteiger partial charge in [0, 0.05) is 6.42 Å². The van der Waals surface area contributed by atoms with Crippen LogP contribution in [0.25, 0.3) is 0 Å². The summed E-state index contributed by atoms with van der Waals surface area (Å²) in [4.78, 5) is 11.9. The Morgan fingerprint density at radius 3 is 2.57 bits per heavy atom. The van der Waals surface area contributed by atoms with E-state index in [-0.39, 0.29) is 5.91 Å². The molecule has 4 nitrogen and oxygen atoms in total. The summed E-state index contributed by atoms with van der Waals surface area (Å²) >= 11 is 2.92. The van der Waals surface area contributed by atoms with Crippen LogP contribution in [-0.4, -0.2) is 22.4 Å². The number of aromatic nitrogens is 2. The summed E-state index contributed by atoms with van der Waals surface area (Å²) in [7, 11) is 0. The Bertz CT molecular complexity index is 593. The van der Waals surface area contributed by atoms with Crippen molar-refractivity contribution in [3.05, 3.63) is 35.4 Å². The lowest BCUT2D eigenvalue weighted by Crippen LogP contribution is -2.12. The first kappa shape index (κ1) is 16.0. The van der Waals surface area contributed by atoms with Gasteiger partial charge in [0.05, 0.1) is 0 Å². The first-order valence-corrected chi connectivity index (χ1v) is 8.89. The van der Waals surface area contributed by atoms with E-state index in [0.717, 1.165) is 10.8 Å². The molecule has 0 bridgehead atoms. The van der Waals surface area contributed by atoms with Crippen LogP contribution >= 0.6 is 23.1 Å². The van der Waals surface area contributed by atoms with Crippen molar-refractivity contribution in [2.45, 2.75) is 36.9 Å². The molecule has 0 saturated heterocycles. The van der Waals surface area contributed by atoms with E-state index in [1.54, 1.807) is 0 Å². The van der Waals surface area contributed by atoms with Gasteiger partial charge in [0.1, 0.15) is 0 Å². The summed E-state index contributed by atoms with van der Waals surface area (Å²) in [5, 5.41) is 11.2. The second kappa shape index (κ2) is 7.56. The molecule has 0 aliphatic carbocycles. The average molecular weight is 321 g/mol. The van der Waals surface area contributed by atoms with Gasteiger partial charge in [-0.1, -0.05) is 61.2 Å². The first-order chi connectivity index (χ1) is 10.1. The third-order valence-corrected chi connectivity index (χ3v) is 4.93. The van der Waals surface area contributed by atoms with Crippen molar-refractivity contribution < 1.29 is 4.79 Å². The SMILES string of the molecule is CSc1nnc(NC(=O)CCc2ccc(C(C)C)cc2)s1. The Balaban J connectivity index is 1.83. The quantitative estimate of drug-likeness (QED) is 0.646. The van der Waals surface area contributed by atoms with Crippen molar-refractivity contribution >= 4 is 34.1 Å². The third kappa shape index (κ3) is 4.82. The predicted octanol–water partition coefficient (Wildman–Crippen LogP) is 3.95. The number of carbonyl (C=O) groups is 1. The van der Waals surface area contributed by atoms with Gasteiger partial charge in [-0.15, -0.1) is 10.2 Å². The molecule has 1 heterocycles. The van der Waals surface area contributed by atoms with Crippen LogP contribution in [0, 0.1) is 0 Å². The maximum Gasteiger partial charge on any atom is 0.226 e. The molecule has 2 rings (SSSR count). The fourth-order valence-electron chi connectivity index (χ4n) is 1.85. The van der Waals surface area contributed by atoms with E-state index in [1.165, 1.54) is 34.2 Å². The number of thioether (sulfide) groups is 1. The molecule has 1 amide bonds. The molecule has 0 radical (unpaired) electrons. The molecular weight excluding hydrogens is 302 g/mol. The van der Waals surface area contributed by atoms with Gasteiger partial charge in [0.15, 0.2) is 4.34 Å². The van der Waals surface area contributed by atoms with Crippen LogP contribution in [0.15, 0.2) is 28.6 Å². The predicted molar refractivity (Wildman–Crippen MR) is 89.2 cm³/mol. The minimum Gasteiger partial charge on any atom is -0.300 e. The van der Waals surface area contributed by atoms with Crippen molar-refractivity contribution in [3.63, 3.8) is 0 Å². The topological polar surface area (TPSA) is 54.9 Å². The standard InChI is InChI=1S/C15H19N3OS2/c1-10(2)12-7-4-11(5-8-12)6-9-13(19)16-14-17-18-15(20-3)21-14/h4-5,7-8,10H,6,9H2,1-3H3,(H,16,17,19). The van der Waals surface area contributed by atoms with E-state index < -0.39 is 0 Å². The summed E-state index contributed by atoms with van der Waals surface area (Å²) in [6.45, 7) is 4.35. The van der Waals surface area contributed by atoms with Crippen LogP contribution in [-0.2, 0) is 11.2 Å². The van der Waals surface area contributed by atoms with Gasteiger partial charge in [-0.3, -0.25) is 4.79 Å². The second-order valence-corrected chi connectivity index (χ2v) is 7.05. The third-order valence-electron chi connectivity index (χ3n) is 3.11. The zero-order valence-electron chi connectivity index (χ0n) is 12.4. The van der Waals surface area contributed by atoms with Crippen molar-refractivity contribution in [2.24, 2.45) is 0 Å².